The van der Waals surface area contributed by atoms with Crippen LogP contribution >= 0.6 is 0 Å². The van der Waals surface area contributed by atoms with Gasteiger partial charge in [0.1, 0.15) is 0 Å². The second kappa shape index (κ2) is 2.42. The zero-order chi connectivity index (χ0) is 6.85. The largest absolute Gasteiger partial charge is 0.495 e. The molecule has 1 atom stereocenters. The highest BCUT2D eigenvalue weighted by atomic mass is 16.5. The van der Waals surface area contributed by atoms with E-state index in [4.69, 9.17) is 4.74 Å². The van der Waals surface area contributed by atoms with Gasteiger partial charge in [0.15, 0.2) is 0 Å². The SMILES string of the molecule is CC1CC=C(C(C)C)O1. The van der Waals surface area contributed by atoms with Crippen molar-refractivity contribution in [3.05, 3.63) is 11.8 Å². The van der Waals surface area contributed by atoms with E-state index in [-0.39, 0.29) is 0 Å². The molecule has 52 valence electrons. The van der Waals surface area contributed by atoms with E-state index in [1.807, 2.05) is 0 Å². The zero-order valence-corrected chi connectivity index (χ0v) is 6.35. The molecule has 1 unspecified atom stereocenters. The Morgan fingerprint density at radius 2 is 2.33 bits per heavy atom. The topological polar surface area (TPSA) is 9.23 Å². The molecule has 0 aromatic carbocycles. The second-order valence-electron chi connectivity index (χ2n) is 2.93. The third kappa shape index (κ3) is 1.47. The fourth-order valence-corrected chi connectivity index (χ4v) is 0.982. The van der Waals surface area contributed by atoms with Gasteiger partial charge in [-0.25, -0.2) is 0 Å². The fourth-order valence-electron chi connectivity index (χ4n) is 0.982. The van der Waals surface area contributed by atoms with Crippen LogP contribution in [0.4, 0.5) is 0 Å². The van der Waals surface area contributed by atoms with Crippen LogP contribution in [-0.2, 0) is 4.74 Å². The summed E-state index contributed by atoms with van der Waals surface area (Å²) in [6.07, 6.45) is 3.70. The molecule has 1 heterocycles. The summed E-state index contributed by atoms with van der Waals surface area (Å²) in [5.41, 5.74) is 0. The van der Waals surface area contributed by atoms with Crippen molar-refractivity contribution in [3.63, 3.8) is 0 Å². The predicted molar refractivity (Wildman–Crippen MR) is 38.1 cm³/mol. The van der Waals surface area contributed by atoms with E-state index in [0.29, 0.717) is 12.0 Å². The Balaban J connectivity index is 2.45. The molecule has 0 bridgehead atoms. The predicted octanol–water partition coefficient (Wildman–Crippen LogP) is 2.34. The van der Waals surface area contributed by atoms with Crippen molar-refractivity contribution < 1.29 is 4.74 Å². The van der Waals surface area contributed by atoms with Gasteiger partial charge < -0.3 is 4.74 Å². The molecule has 1 aliphatic rings. The first kappa shape index (κ1) is 6.66. The molecular weight excluding hydrogens is 112 g/mol. The lowest BCUT2D eigenvalue weighted by atomic mass is 10.2. The van der Waals surface area contributed by atoms with E-state index in [0.717, 1.165) is 6.42 Å². The van der Waals surface area contributed by atoms with Gasteiger partial charge in [-0.05, 0) is 13.0 Å². The molecule has 1 rings (SSSR count). The van der Waals surface area contributed by atoms with Crippen LogP contribution in [0, 0.1) is 5.92 Å². The van der Waals surface area contributed by atoms with Gasteiger partial charge in [0.2, 0.25) is 0 Å². The van der Waals surface area contributed by atoms with E-state index in [1.54, 1.807) is 0 Å². The van der Waals surface area contributed by atoms with E-state index < -0.39 is 0 Å². The van der Waals surface area contributed by atoms with Crippen molar-refractivity contribution in [1.82, 2.24) is 0 Å². The van der Waals surface area contributed by atoms with Crippen molar-refractivity contribution in [2.75, 3.05) is 0 Å². The van der Waals surface area contributed by atoms with Crippen LogP contribution < -0.4 is 0 Å². The van der Waals surface area contributed by atoms with Gasteiger partial charge in [0.05, 0.1) is 11.9 Å². The Labute approximate surface area is 56.7 Å². The highest BCUT2D eigenvalue weighted by molar-refractivity contribution is 5.02. The first-order valence-electron chi connectivity index (χ1n) is 3.57. The lowest BCUT2D eigenvalue weighted by molar-refractivity contribution is 0.140. The van der Waals surface area contributed by atoms with E-state index in [1.165, 1.54) is 5.76 Å². The molecule has 0 aromatic heterocycles. The van der Waals surface area contributed by atoms with Gasteiger partial charge >= 0.3 is 0 Å². The van der Waals surface area contributed by atoms with Crippen LogP contribution in [0.3, 0.4) is 0 Å². The van der Waals surface area contributed by atoms with Gasteiger partial charge in [-0.3, -0.25) is 0 Å². The minimum atomic E-state index is 0.419. The van der Waals surface area contributed by atoms with Crippen LogP contribution in [0.15, 0.2) is 11.8 Å². The summed E-state index contributed by atoms with van der Waals surface area (Å²) in [5, 5.41) is 0. The first-order valence-corrected chi connectivity index (χ1v) is 3.57. The van der Waals surface area contributed by atoms with Gasteiger partial charge in [-0.2, -0.15) is 0 Å². The minimum absolute atomic E-state index is 0.419. The summed E-state index contributed by atoms with van der Waals surface area (Å²) in [6.45, 7) is 6.42. The normalized spacial score (nSPS) is 26.2. The van der Waals surface area contributed by atoms with Crippen LogP contribution in [0.1, 0.15) is 27.2 Å². The fraction of sp³-hybridized carbons (Fsp3) is 0.750. The van der Waals surface area contributed by atoms with Crippen LogP contribution in [0.2, 0.25) is 0 Å². The van der Waals surface area contributed by atoms with Crippen LogP contribution in [-0.4, -0.2) is 6.10 Å². The quantitative estimate of drug-likeness (QED) is 0.524. The molecule has 0 aromatic rings. The molecule has 0 fully saturated rings. The molecule has 0 aliphatic carbocycles. The van der Waals surface area contributed by atoms with Crippen molar-refractivity contribution in [3.8, 4) is 0 Å². The molecule has 1 heteroatoms. The minimum Gasteiger partial charge on any atom is -0.495 e. The molecular formula is C8H14O. The number of hydrogen-bond acceptors (Lipinski definition) is 1. The Morgan fingerprint density at radius 3 is 2.56 bits per heavy atom. The highest BCUT2D eigenvalue weighted by Crippen LogP contribution is 2.22. The van der Waals surface area contributed by atoms with Crippen molar-refractivity contribution >= 4 is 0 Å². The zero-order valence-electron chi connectivity index (χ0n) is 6.35. The highest BCUT2D eigenvalue weighted by Gasteiger charge is 2.14. The van der Waals surface area contributed by atoms with Crippen LogP contribution in [0.25, 0.3) is 0 Å². The summed E-state index contributed by atoms with van der Waals surface area (Å²) in [5.74, 6) is 1.73. The number of allylic oxidation sites excluding steroid dienone is 1. The van der Waals surface area contributed by atoms with E-state index >= 15 is 0 Å². The smallest absolute Gasteiger partial charge is 0.0990 e. The lowest BCUT2D eigenvalue weighted by Gasteiger charge is -2.09. The van der Waals surface area contributed by atoms with Gasteiger partial charge in [-0.15, -0.1) is 0 Å². The molecule has 0 radical (unpaired) electrons. The maximum atomic E-state index is 5.48. The molecule has 1 nitrogen and oxygen atoms in total. The van der Waals surface area contributed by atoms with E-state index in [9.17, 15) is 0 Å². The standard InChI is InChI=1S/C8H14O/c1-6(2)8-5-4-7(3)9-8/h5-7H,4H2,1-3H3. The monoisotopic (exact) mass is 126 g/mol. The Bertz CT molecular complexity index is 125. The van der Waals surface area contributed by atoms with Crippen molar-refractivity contribution in [2.45, 2.75) is 33.3 Å². The summed E-state index contributed by atoms with van der Waals surface area (Å²) < 4.78 is 5.48. The van der Waals surface area contributed by atoms with Crippen LogP contribution in [0.5, 0.6) is 0 Å². The molecule has 0 saturated heterocycles. The van der Waals surface area contributed by atoms with Gasteiger partial charge in [0.25, 0.3) is 0 Å². The van der Waals surface area contributed by atoms with Crippen molar-refractivity contribution in [1.29, 1.82) is 0 Å². The first-order chi connectivity index (χ1) is 4.20. The maximum absolute atomic E-state index is 5.48. The lowest BCUT2D eigenvalue weighted by Crippen LogP contribution is -2.01. The molecule has 0 N–H and O–H groups in total. The summed E-state index contributed by atoms with van der Waals surface area (Å²) in [6, 6.07) is 0. The Kier molecular flexibility index (Phi) is 1.79. The molecule has 0 amide bonds. The molecule has 9 heavy (non-hydrogen) atoms. The molecule has 0 spiro atoms. The van der Waals surface area contributed by atoms with Gasteiger partial charge in [0, 0.05) is 12.3 Å². The third-order valence-corrected chi connectivity index (χ3v) is 1.56. The number of hydrogen-bond donors (Lipinski definition) is 0. The summed E-state index contributed by atoms with van der Waals surface area (Å²) >= 11 is 0. The Morgan fingerprint density at radius 1 is 1.67 bits per heavy atom. The molecule has 1 aliphatic heterocycles. The molecule has 0 saturated carbocycles. The van der Waals surface area contributed by atoms with Gasteiger partial charge in [-0.1, -0.05) is 13.8 Å². The Hall–Kier alpha value is -0.460. The summed E-state index contributed by atoms with van der Waals surface area (Å²) in [7, 11) is 0. The van der Waals surface area contributed by atoms with E-state index in [2.05, 4.69) is 26.8 Å². The average Bonchev–Trinajstić information content (AvgIpc) is 2.14. The average molecular weight is 126 g/mol. The second-order valence-corrected chi connectivity index (χ2v) is 2.93. The number of rotatable bonds is 1. The van der Waals surface area contributed by atoms with Crippen molar-refractivity contribution in [2.24, 2.45) is 5.92 Å². The number of ether oxygens (including phenoxy) is 1. The maximum Gasteiger partial charge on any atom is 0.0990 e. The third-order valence-electron chi connectivity index (χ3n) is 1.56. The summed E-state index contributed by atoms with van der Waals surface area (Å²) in [4.78, 5) is 0.